The van der Waals surface area contributed by atoms with Crippen LogP contribution in [0.2, 0.25) is 5.28 Å². The Balaban J connectivity index is 2.29. The number of anilines is 1. The highest BCUT2D eigenvalue weighted by Gasteiger charge is 2.09. The Bertz CT molecular complexity index is 662. The topological polar surface area (TPSA) is 96.5 Å². The van der Waals surface area contributed by atoms with E-state index < -0.39 is 0 Å². The van der Waals surface area contributed by atoms with Crippen LogP contribution in [0.3, 0.4) is 0 Å². The molecule has 2 aromatic heterocycles. The standard InChI is InChI=1S/C11H13ClN6OS/c1-3-4-6-5-7(19)15-10(14-6)20-11-17-8(12)16-9(13-2)18-11/h5H,3-4H2,1-2H3,(H,14,15,19)(H,13,16,17,18). The maximum Gasteiger partial charge on any atom is 0.251 e. The molecule has 2 heterocycles. The molecule has 0 amide bonds. The van der Waals surface area contributed by atoms with Crippen LogP contribution in [0.15, 0.2) is 21.2 Å². The number of hydrogen-bond acceptors (Lipinski definition) is 7. The van der Waals surface area contributed by atoms with Crippen molar-refractivity contribution in [2.75, 3.05) is 12.4 Å². The first-order valence-corrected chi connectivity index (χ1v) is 7.17. The van der Waals surface area contributed by atoms with Crippen LogP contribution in [-0.4, -0.2) is 32.0 Å². The van der Waals surface area contributed by atoms with Crippen LogP contribution in [0.4, 0.5) is 5.95 Å². The third-order valence-electron chi connectivity index (χ3n) is 2.28. The van der Waals surface area contributed by atoms with Gasteiger partial charge in [-0.1, -0.05) is 13.3 Å². The molecule has 0 saturated heterocycles. The van der Waals surface area contributed by atoms with Gasteiger partial charge in [0, 0.05) is 18.8 Å². The first kappa shape index (κ1) is 14.7. The van der Waals surface area contributed by atoms with Crippen LogP contribution < -0.4 is 10.9 Å². The lowest BCUT2D eigenvalue weighted by Crippen LogP contribution is -2.10. The molecule has 0 bridgehead atoms. The maximum atomic E-state index is 11.6. The highest BCUT2D eigenvalue weighted by Crippen LogP contribution is 2.22. The number of hydrogen-bond donors (Lipinski definition) is 2. The van der Waals surface area contributed by atoms with E-state index in [2.05, 4.69) is 30.2 Å². The van der Waals surface area contributed by atoms with Gasteiger partial charge in [0.15, 0.2) is 5.16 Å². The maximum absolute atomic E-state index is 11.6. The number of H-pyrrole nitrogens is 1. The second kappa shape index (κ2) is 6.67. The Morgan fingerprint density at radius 3 is 2.85 bits per heavy atom. The van der Waals surface area contributed by atoms with Crippen LogP contribution in [0, 0.1) is 0 Å². The van der Waals surface area contributed by atoms with Crippen LogP contribution in [-0.2, 0) is 6.42 Å². The van der Waals surface area contributed by atoms with E-state index in [1.54, 1.807) is 7.05 Å². The molecule has 0 fully saturated rings. The summed E-state index contributed by atoms with van der Waals surface area (Å²) >= 11 is 6.93. The molecule has 106 valence electrons. The van der Waals surface area contributed by atoms with Gasteiger partial charge >= 0.3 is 0 Å². The fraction of sp³-hybridized carbons (Fsp3) is 0.364. The van der Waals surface area contributed by atoms with Gasteiger partial charge in [-0.3, -0.25) is 4.79 Å². The van der Waals surface area contributed by atoms with Crippen molar-refractivity contribution in [3.8, 4) is 0 Å². The first-order chi connectivity index (χ1) is 9.60. The zero-order valence-electron chi connectivity index (χ0n) is 11.0. The highest BCUT2D eigenvalue weighted by atomic mass is 35.5. The molecule has 20 heavy (non-hydrogen) atoms. The summed E-state index contributed by atoms with van der Waals surface area (Å²) in [5, 5.41) is 3.67. The molecule has 7 nitrogen and oxygen atoms in total. The van der Waals surface area contributed by atoms with Crippen LogP contribution in [0.5, 0.6) is 0 Å². The predicted octanol–water partition coefficient (Wildman–Crippen LogP) is 1.75. The second-order valence-electron chi connectivity index (χ2n) is 3.85. The molecular formula is C11H13ClN6OS. The molecule has 0 aliphatic heterocycles. The normalized spacial score (nSPS) is 10.6. The van der Waals surface area contributed by atoms with E-state index in [1.165, 1.54) is 6.07 Å². The number of aromatic nitrogens is 5. The zero-order chi connectivity index (χ0) is 14.5. The van der Waals surface area contributed by atoms with E-state index >= 15 is 0 Å². The molecule has 0 aliphatic rings. The quantitative estimate of drug-likeness (QED) is 0.812. The summed E-state index contributed by atoms with van der Waals surface area (Å²) in [6.45, 7) is 2.03. The lowest BCUT2D eigenvalue weighted by atomic mass is 10.2. The summed E-state index contributed by atoms with van der Waals surface area (Å²) in [7, 11) is 1.68. The summed E-state index contributed by atoms with van der Waals surface area (Å²) in [5.41, 5.74) is 0.549. The number of halogens is 1. The summed E-state index contributed by atoms with van der Waals surface area (Å²) in [6, 6.07) is 1.49. The predicted molar refractivity (Wildman–Crippen MR) is 77.4 cm³/mol. The van der Waals surface area contributed by atoms with Crippen LogP contribution in [0.1, 0.15) is 19.0 Å². The highest BCUT2D eigenvalue weighted by molar-refractivity contribution is 7.99. The Labute approximate surface area is 124 Å². The molecule has 0 atom stereocenters. The van der Waals surface area contributed by atoms with E-state index in [-0.39, 0.29) is 10.8 Å². The third kappa shape index (κ3) is 3.91. The van der Waals surface area contributed by atoms with Crippen molar-refractivity contribution in [1.82, 2.24) is 24.9 Å². The van der Waals surface area contributed by atoms with E-state index in [4.69, 9.17) is 11.6 Å². The number of aromatic amines is 1. The fourth-order valence-corrected chi connectivity index (χ4v) is 2.45. The van der Waals surface area contributed by atoms with Crippen molar-refractivity contribution < 1.29 is 0 Å². The van der Waals surface area contributed by atoms with Crippen LogP contribution >= 0.6 is 23.4 Å². The Kier molecular flexibility index (Phi) is 4.91. The summed E-state index contributed by atoms with van der Waals surface area (Å²) in [6.07, 6.45) is 1.67. The molecule has 0 spiro atoms. The van der Waals surface area contributed by atoms with E-state index in [0.717, 1.165) is 30.3 Å². The first-order valence-electron chi connectivity index (χ1n) is 5.98. The van der Waals surface area contributed by atoms with E-state index in [0.29, 0.717) is 16.3 Å². The van der Waals surface area contributed by atoms with Crippen molar-refractivity contribution in [2.24, 2.45) is 0 Å². The Morgan fingerprint density at radius 2 is 2.15 bits per heavy atom. The van der Waals surface area contributed by atoms with Crippen LogP contribution in [0.25, 0.3) is 0 Å². The van der Waals surface area contributed by atoms with Gasteiger partial charge in [0.25, 0.3) is 5.56 Å². The number of nitrogens with one attached hydrogen (secondary N) is 2. The summed E-state index contributed by atoms with van der Waals surface area (Å²) < 4.78 is 0. The van der Waals surface area contributed by atoms with Gasteiger partial charge in [0.05, 0.1) is 0 Å². The van der Waals surface area contributed by atoms with Crippen molar-refractivity contribution in [2.45, 2.75) is 30.1 Å². The number of aryl methyl sites for hydroxylation is 1. The molecule has 0 aliphatic carbocycles. The number of rotatable bonds is 5. The second-order valence-corrected chi connectivity index (χ2v) is 5.15. The van der Waals surface area contributed by atoms with Gasteiger partial charge in [-0.15, -0.1) is 0 Å². The lowest BCUT2D eigenvalue weighted by Gasteiger charge is -2.04. The minimum atomic E-state index is -0.194. The molecular weight excluding hydrogens is 300 g/mol. The molecule has 2 rings (SSSR count). The SMILES string of the molecule is CCCc1cc(=O)[nH]c(Sc2nc(Cl)nc(NC)n2)n1. The largest absolute Gasteiger partial charge is 0.357 e. The van der Waals surface area contributed by atoms with Gasteiger partial charge in [-0.05, 0) is 29.8 Å². The van der Waals surface area contributed by atoms with Crippen molar-refractivity contribution in [3.63, 3.8) is 0 Å². The average molecular weight is 313 g/mol. The lowest BCUT2D eigenvalue weighted by molar-refractivity contribution is 0.811. The molecule has 9 heteroatoms. The average Bonchev–Trinajstić information content (AvgIpc) is 2.37. The third-order valence-corrected chi connectivity index (χ3v) is 3.20. The smallest absolute Gasteiger partial charge is 0.251 e. The van der Waals surface area contributed by atoms with Gasteiger partial charge in [0.2, 0.25) is 16.4 Å². The Hall–Kier alpha value is -1.67. The van der Waals surface area contributed by atoms with Gasteiger partial charge < -0.3 is 10.3 Å². The van der Waals surface area contributed by atoms with Crippen molar-refractivity contribution in [1.29, 1.82) is 0 Å². The molecule has 2 aromatic rings. The van der Waals surface area contributed by atoms with Gasteiger partial charge in [-0.2, -0.15) is 15.0 Å². The Morgan fingerprint density at radius 1 is 1.35 bits per heavy atom. The van der Waals surface area contributed by atoms with E-state index in [9.17, 15) is 4.79 Å². The molecule has 2 N–H and O–H groups in total. The van der Waals surface area contributed by atoms with Gasteiger partial charge in [0.1, 0.15) is 0 Å². The molecule has 0 aromatic carbocycles. The molecule has 0 radical (unpaired) electrons. The van der Waals surface area contributed by atoms with Gasteiger partial charge in [-0.25, -0.2) is 4.98 Å². The molecule has 0 saturated carbocycles. The van der Waals surface area contributed by atoms with Crippen molar-refractivity contribution >= 4 is 29.3 Å². The zero-order valence-corrected chi connectivity index (χ0v) is 12.5. The van der Waals surface area contributed by atoms with Crippen molar-refractivity contribution in [3.05, 3.63) is 27.4 Å². The minimum Gasteiger partial charge on any atom is -0.357 e. The summed E-state index contributed by atoms with van der Waals surface area (Å²) in [5.74, 6) is 0.361. The minimum absolute atomic E-state index is 0.0823. The molecule has 0 unspecified atom stereocenters. The number of nitrogens with zero attached hydrogens (tertiary/aromatic N) is 4. The summed E-state index contributed by atoms with van der Waals surface area (Å²) in [4.78, 5) is 30.6. The van der Waals surface area contributed by atoms with E-state index in [1.807, 2.05) is 6.92 Å². The monoisotopic (exact) mass is 312 g/mol. The fourth-order valence-electron chi connectivity index (χ4n) is 1.49.